The second-order valence-electron chi connectivity index (χ2n) is 7.23. The van der Waals surface area contributed by atoms with Crippen LogP contribution in [0.2, 0.25) is 0 Å². The van der Waals surface area contributed by atoms with Crippen molar-refractivity contribution in [2.75, 3.05) is 33.3 Å². The number of hydrogen-bond donors (Lipinski definition) is 4. The van der Waals surface area contributed by atoms with Crippen molar-refractivity contribution in [3.05, 3.63) is 65.7 Å². The summed E-state index contributed by atoms with van der Waals surface area (Å²) in [5, 5.41) is 28.6. The molecule has 2 aromatic carbocycles. The minimum absolute atomic E-state index is 0.330. The molecule has 0 amide bonds. The minimum Gasteiger partial charge on any atom is -0.497 e. The molecule has 1 fully saturated rings. The Kier molecular flexibility index (Phi) is 9.96. The zero-order chi connectivity index (χ0) is 22.6. The molecular formula is C23H30N2O6. The summed E-state index contributed by atoms with van der Waals surface area (Å²) >= 11 is 0. The first kappa shape index (κ1) is 24.3. The highest BCUT2D eigenvalue weighted by Crippen LogP contribution is 2.26. The fourth-order valence-corrected chi connectivity index (χ4v) is 3.49. The molecule has 0 radical (unpaired) electrons. The molecule has 0 aliphatic carbocycles. The lowest BCUT2D eigenvalue weighted by atomic mass is 10.0. The van der Waals surface area contributed by atoms with E-state index < -0.39 is 18.0 Å². The summed E-state index contributed by atoms with van der Waals surface area (Å²) in [5.41, 5.74) is 2.25. The van der Waals surface area contributed by atoms with Crippen LogP contribution in [0.3, 0.4) is 0 Å². The number of carbonyl (C=O) groups is 2. The summed E-state index contributed by atoms with van der Waals surface area (Å²) in [6.07, 6.45) is 2.05. The average Bonchev–Trinajstić information content (AvgIpc) is 3.32. The maximum atomic E-state index is 10.3. The highest BCUT2D eigenvalue weighted by Gasteiger charge is 2.23. The van der Waals surface area contributed by atoms with Crippen LogP contribution in [0.15, 0.2) is 54.6 Å². The van der Waals surface area contributed by atoms with Gasteiger partial charge < -0.3 is 25.4 Å². The summed E-state index contributed by atoms with van der Waals surface area (Å²) in [7, 11) is 1.69. The Morgan fingerprint density at radius 1 is 0.935 bits per heavy atom. The summed E-state index contributed by atoms with van der Waals surface area (Å²) in [6.45, 7) is 3.67. The lowest BCUT2D eigenvalue weighted by molar-refractivity contribution is -0.159. The molecule has 2 unspecified atom stereocenters. The van der Waals surface area contributed by atoms with Crippen LogP contribution in [0.4, 0.5) is 0 Å². The monoisotopic (exact) mass is 430 g/mol. The summed E-state index contributed by atoms with van der Waals surface area (Å²) < 4.78 is 5.27. The fourth-order valence-electron chi connectivity index (χ4n) is 3.49. The van der Waals surface area contributed by atoms with Crippen LogP contribution in [0, 0.1) is 0 Å². The first-order chi connectivity index (χ1) is 14.9. The third kappa shape index (κ3) is 8.01. The molecule has 8 heteroatoms. The number of benzene rings is 2. The van der Waals surface area contributed by atoms with Gasteiger partial charge in [-0.1, -0.05) is 42.5 Å². The Hall–Kier alpha value is -2.94. The van der Waals surface area contributed by atoms with E-state index in [9.17, 15) is 5.11 Å². The third-order valence-electron chi connectivity index (χ3n) is 5.12. The Labute approximate surface area is 182 Å². The van der Waals surface area contributed by atoms with E-state index >= 15 is 0 Å². The number of rotatable bonds is 8. The minimum atomic E-state index is -1.82. The van der Waals surface area contributed by atoms with Crippen molar-refractivity contribution in [2.45, 2.75) is 25.0 Å². The van der Waals surface area contributed by atoms with Crippen molar-refractivity contribution in [1.82, 2.24) is 10.2 Å². The van der Waals surface area contributed by atoms with Crippen molar-refractivity contribution >= 4 is 11.9 Å². The topological polar surface area (TPSA) is 119 Å². The second kappa shape index (κ2) is 12.7. The number of carboxylic acid groups (broad SMARTS) is 2. The van der Waals surface area contributed by atoms with Gasteiger partial charge in [-0.15, -0.1) is 0 Å². The molecule has 0 spiro atoms. The van der Waals surface area contributed by atoms with Gasteiger partial charge in [0.2, 0.25) is 0 Å². The van der Waals surface area contributed by atoms with Crippen molar-refractivity contribution in [3.63, 3.8) is 0 Å². The molecule has 0 aromatic heterocycles. The van der Waals surface area contributed by atoms with Gasteiger partial charge in [-0.05, 0) is 49.2 Å². The van der Waals surface area contributed by atoms with Gasteiger partial charge in [-0.3, -0.25) is 4.90 Å². The van der Waals surface area contributed by atoms with E-state index in [4.69, 9.17) is 24.5 Å². The van der Waals surface area contributed by atoms with E-state index in [1.807, 2.05) is 42.5 Å². The second-order valence-corrected chi connectivity index (χ2v) is 7.23. The SMILES string of the molecule is COc1ccc(C(CNCC(O)c2ccccc2)N2CCCC2)cc1.O=C(O)C(=O)O. The predicted octanol–water partition coefficient (Wildman–Crippen LogP) is 2.31. The Bertz CT molecular complexity index is 795. The normalized spacial score (nSPS) is 15.4. The number of nitrogens with zero attached hydrogens (tertiary/aromatic N) is 1. The maximum absolute atomic E-state index is 10.3. The van der Waals surface area contributed by atoms with Crippen molar-refractivity contribution in [3.8, 4) is 5.75 Å². The highest BCUT2D eigenvalue weighted by molar-refractivity contribution is 6.27. The van der Waals surface area contributed by atoms with Crippen LogP contribution in [0.1, 0.15) is 36.1 Å². The van der Waals surface area contributed by atoms with Crippen molar-refractivity contribution < 1.29 is 29.6 Å². The van der Waals surface area contributed by atoms with Crippen LogP contribution in [-0.4, -0.2) is 65.4 Å². The lowest BCUT2D eigenvalue weighted by Gasteiger charge is -2.29. The summed E-state index contributed by atoms with van der Waals surface area (Å²) in [5.74, 6) is -2.76. The van der Waals surface area contributed by atoms with E-state index in [1.165, 1.54) is 18.4 Å². The third-order valence-corrected chi connectivity index (χ3v) is 5.12. The van der Waals surface area contributed by atoms with Crippen LogP contribution in [-0.2, 0) is 9.59 Å². The molecular weight excluding hydrogens is 400 g/mol. The molecule has 0 saturated carbocycles. The average molecular weight is 431 g/mol. The number of likely N-dealkylation sites (tertiary alicyclic amines) is 1. The largest absolute Gasteiger partial charge is 0.497 e. The van der Waals surface area contributed by atoms with Gasteiger partial charge in [0.1, 0.15) is 5.75 Å². The van der Waals surface area contributed by atoms with Crippen molar-refractivity contribution in [1.29, 1.82) is 0 Å². The number of ether oxygens (including phenoxy) is 1. The molecule has 2 aromatic rings. The fraction of sp³-hybridized carbons (Fsp3) is 0.391. The van der Waals surface area contributed by atoms with E-state index in [1.54, 1.807) is 7.11 Å². The van der Waals surface area contributed by atoms with Gasteiger partial charge in [0, 0.05) is 19.1 Å². The summed E-state index contributed by atoms with van der Waals surface area (Å²) in [6, 6.07) is 18.5. The molecule has 1 saturated heterocycles. The van der Waals surface area contributed by atoms with E-state index in [-0.39, 0.29) is 0 Å². The standard InChI is InChI=1S/C21H28N2O2.C2H2O4/c1-25-19-11-9-17(10-12-19)20(23-13-5-6-14-23)15-22-16-21(24)18-7-3-2-4-8-18;3-1(4)2(5)6/h2-4,7-12,20-22,24H,5-6,13-16H2,1H3;(H,3,4)(H,5,6). The molecule has 4 N–H and O–H groups in total. The van der Waals surface area contributed by atoms with Gasteiger partial charge in [0.15, 0.2) is 0 Å². The van der Waals surface area contributed by atoms with Gasteiger partial charge in [0.05, 0.1) is 13.2 Å². The number of nitrogens with one attached hydrogen (secondary N) is 1. The maximum Gasteiger partial charge on any atom is 0.414 e. The Morgan fingerprint density at radius 2 is 1.52 bits per heavy atom. The number of carboxylic acids is 2. The molecule has 168 valence electrons. The number of methoxy groups -OCH3 is 1. The van der Waals surface area contributed by atoms with Gasteiger partial charge in [-0.2, -0.15) is 0 Å². The number of hydrogen-bond acceptors (Lipinski definition) is 6. The van der Waals surface area contributed by atoms with Crippen molar-refractivity contribution in [2.24, 2.45) is 0 Å². The van der Waals surface area contributed by atoms with E-state index in [2.05, 4.69) is 22.3 Å². The Morgan fingerprint density at radius 3 is 2.03 bits per heavy atom. The zero-order valence-electron chi connectivity index (χ0n) is 17.6. The van der Waals surface area contributed by atoms with E-state index in [0.717, 1.165) is 30.9 Å². The number of aliphatic hydroxyl groups is 1. The first-order valence-corrected chi connectivity index (χ1v) is 10.2. The highest BCUT2D eigenvalue weighted by atomic mass is 16.5. The molecule has 3 rings (SSSR count). The first-order valence-electron chi connectivity index (χ1n) is 10.2. The van der Waals surface area contributed by atoms with Gasteiger partial charge in [0.25, 0.3) is 0 Å². The molecule has 1 aliphatic heterocycles. The molecule has 2 atom stereocenters. The number of aliphatic carboxylic acids is 2. The summed E-state index contributed by atoms with van der Waals surface area (Å²) in [4.78, 5) is 20.7. The van der Waals surface area contributed by atoms with Crippen LogP contribution >= 0.6 is 0 Å². The lowest BCUT2D eigenvalue weighted by Crippen LogP contribution is -2.35. The molecule has 31 heavy (non-hydrogen) atoms. The van der Waals surface area contributed by atoms with Gasteiger partial charge >= 0.3 is 11.9 Å². The molecule has 1 heterocycles. The molecule has 1 aliphatic rings. The van der Waals surface area contributed by atoms with Crippen LogP contribution in [0.25, 0.3) is 0 Å². The quantitative estimate of drug-likeness (QED) is 0.471. The van der Waals surface area contributed by atoms with Crippen LogP contribution in [0.5, 0.6) is 5.75 Å². The zero-order valence-corrected chi connectivity index (χ0v) is 17.6. The van der Waals surface area contributed by atoms with Crippen LogP contribution < -0.4 is 10.1 Å². The van der Waals surface area contributed by atoms with E-state index in [0.29, 0.717) is 12.6 Å². The smallest absolute Gasteiger partial charge is 0.414 e. The van der Waals surface area contributed by atoms with Gasteiger partial charge in [-0.25, -0.2) is 9.59 Å². The molecule has 0 bridgehead atoms. The predicted molar refractivity (Wildman–Crippen MR) is 116 cm³/mol. The molecule has 8 nitrogen and oxygen atoms in total. The number of aliphatic hydroxyl groups excluding tert-OH is 1. The Balaban J connectivity index is 0.000000501.